The number of nitrogens with zero attached hydrogens (tertiary/aromatic N) is 6. The lowest BCUT2D eigenvalue weighted by Crippen LogP contribution is -2.61. The third kappa shape index (κ3) is 8.82. The first kappa shape index (κ1) is 42.9. The number of likely N-dealkylation sites (tertiary alicyclic amines) is 2. The van der Waals surface area contributed by atoms with Gasteiger partial charge in [0.2, 0.25) is 17.7 Å². The molecule has 61 heavy (non-hydrogen) atoms. The van der Waals surface area contributed by atoms with E-state index in [9.17, 15) is 24.0 Å². The molecule has 2 aromatic carbocycles. The molecule has 3 fully saturated rings. The summed E-state index contributed by atoms with van der Waals surface area (Å²) in [6.07, 6.45) is 5.85. The fourth-order valence-corrected chi connectivity index (χ4v) is 9.15. The maximum absolute atomic E-state index is 13.6. The number of hydrogen-bond acceptors (Lipinski definition) is 9. The highest BCUT2D eigenvalue weighted by molar-refractivity contribution is 6.04. The first-order valence-electron chi connectivity index (χ1n) is 21.2. The van der Waals surface area contributed by atoms with Crippen LogP contribution >= 0.6 is 0 Å². The highest BCUT2D eigenvalue weighted by atomic mass is 16.5. The van der Waals surface area contributed by atoms with Gasteiger partial charge in [0.1, 0.15) is 23.2 Å². The number of rotatable bonds is 10. The van der Waals surface area contributed by atoms with Crippen LogP contribution in [0.15, 0.2) is 67.0 Å². The molecule has 0 bridgehead atoms. The summed E-state index contributed by atoms with van der Waals surface area (Å²) in [5.41, 5.74) is 5.16. The molecule has 4 unspecified atom stereocenters. The molecular formula is C46H57N9O6. The topological polar surface area (TPSA) is 173 Å². The van der Waals surface area contributed by atoms with Gasteiger partial charge in [0.05, 0.1) is 30.6 Å². The number of H-pyrrole nitrogens is 1. The normalized spacial score (nSPS) is 20.8. The number of carbonyl (C=O) groups excluding carboxylic acids is 5. The lowest BCUT2D eigenvalue weighted by atomic mass is 9.95. The third-order valence-electron chi connectivity index (χ3n) is 12.5. The second-order valence-corrected chi connectivity index (χ2v) is 17.0. The zero-order chi connectivity index (χ0) is 43.6. The molecule has 0 radical (unpaired) electrons. The molecule has 15 nitrogen and oxygen atoms in total. The Morgan fingerprint density at radius 3 is 2.33 bits per heavy atom. The van der Waals surface area contributed by atoms with E-state index in [1.807, 2.05) is 69.0 Å². The summed E-state index contributed by atoms with van der Waals surface area (Å²) in [5.74, 6) is 0.865. The van der Waals surface area contributed by atoms with Crippen LogP contribution in [0.1, 0.15) is 88.1 Å². The number of anilines is 2. The quantitative estimate of drug-likeness (QED) is 0.169. The second kappa shape index (κ2) is 17.8. The Bertz CT molecular complexity index is 2280. The van der Waals surface area contributed by atoms with Crippen molar-refractivity contribution in [2.45, 2.75) is 90.9 Å². The Morgan fingerprint density at radius 1 is 0.918 bits per heavy atom. The minimum Gasteiger partial charge on any atom is -0.453 e. The Morgan fingerprint density at radius 2 is 1.67 bits per heavy atom. The van der Waals surface area contributed by atoms with Crippen LogP contribution in [0.4, 0.5) is 16.3 Å². The number of aromatic nitrogens is 3. The number of pyridine rings is 1. The average molecular weight is 832 g/mol. The average Bonchev–Trinajstić information content (AvgIpc) is 4.03. The minimum absolute atomic E-state index is 0.00516. The Balaban J connectivity index is 0.945. The van der Waals surface area contributed by atoms with E-state index in [0.717, 1.165) is 53.0 Å². The Labute approximate surface area is 357 Å². The molecule has 322 valence electrons. The molecule has 3 aliphatic rings. The van der Waals surface area contributed by atoms with Crippen molar-refractivity contribution in [1.29, 1.82) is 0 Å². The SMILES string of the molecule is COC(=O)NC(C(=O)N1CCCC1c1ncc(-c2ccc(-c3ccc(NC(=O)c4ccc(N5CCN(C(=O)C6(C)CCCN6C(C)=O)CC5C)nc4)cc3C)cc2)[nH]1)C(C)C. The molecule has 4 atom stereocenters. The Hall–Kier alpha value is -6.25. The van der Waals surface area contributed by atoms with Crippen molar-refractivity contribution in [3.63, 3.8) is 0 Å². The molecule has 7 rings (SSSR count). The second-order valence-electron chi connectivity index (χ2n) is 17.0. The van der Waals surface area contributed by atoms with Gasteiger partial charge >= 0.3 is 6.09 Å². The molecule has 0 saturated carbocycles. The van der Waals surface area contributed by atoms with Crippen molar-refractivity contribution >= 4 is 41.2 Å². The van der Waals surface area contributed by atoms with Crippen LogP contribution < -0.4 is 15.5 Å². The molecule has 5 heterocycles. The Kier molecular flexibility index (Phi) is 12.5. The zero-order valence-electron chi connectivity index (χ0n) is 36.2. The van der Waals surface area contributed by atoms with Crippen molar-refractivity contribution in [1.82, 2.24) is 35.0 Å². The summed E-state index contributed by atoms with van der Waals surface area (Å²) >= 11 is 0. The number of aromatic amines is 1. The molecule has 4 aromatic rings. The highest BCUT2D eigenvalue weighted by Gasteiger charge is 2.47. The minimum atomic E-state index is -0.796. The van der Waals surface area contributed by atoms with E-state index >= 15 is 0 Å². The molecule has 0 spiro atoms. The van der Waals surface area contributed by atoms with Crippen LogP contribution in [0.3, 0.4) is 0 Å². The monoisotopic (exact) mass is 831 g/mol. The first-order chi connectivity index (χ1) is 29.2. The first-order valence-corrected chi connectivity index (χ1v) is 21.2. The predicted octanol–water partition coefficient (Wildman–Crippen LogP) is 6.18. The van der Waals surface area contributed by atoms with Crippen LogP contribution in [0, 0.1) is 12.8 Å². The molecule has 0 aliphatic carbocycles. The largest absolute Gasteiger partial charge is 0.453 e. The van der Waals surface area contributed by atoms with Gasteiger partial charge < -0.3 is 40.0 Å². The number of benzene rings is 2. The zero-order valence-corrected chi connectivity index (χ0v) is 36.2. The van der Waals surface area contributed by atoms with Crippen molar-refractivity contribution in [2.24, 2.45) is 5.92 Å². The number of nitrogens with one attached hydrogen (secondary N) is 3. The summed E-state index contributed by atoms with van der Waals surface area (Å²) in [6.45, 7) is 14.1. The highest BCUT2D eigenvalue weighted by Crippen LogP contribution is 2.35. The number of methoxy groups -OCH3 is 1. The predicted molar refractivity (Wildman–Crippen MR) is 233 cm³/mol. The molecule has 3 aliphatic heterocycles. The number of imidazole rings is 1. The number of amides is 5. The summed E-state index contributed by atoms with van der Waals surface area (Å²) in [4.78, 5) is 85.0. The van der Waals surface area contributed by atoms with E-state index in [1.165, 1.54) is 14.0 Å². The fourth-order valence-electron chi connectivity index (χ4n) is 9.15. The van der Waals surface area contributed by atoms with Crippen LogP contribution in [-0.2, 0) is 19.1 Å². The lowest BCUT2D eigenvalue weighted by Gasteiger charge is -2.44. The fraction of sp³-hybridized carbons (Fsp3) is 0.457. The molecule has 3 saturated heterocycles. The maximum atomic E-state index is 13.6. The van der Waals surface area contributed by atoms with E-state index in [1.54, 1.807) is 28.3 Å². The van der Waals surface area contributed by atoms with Gasteiger partial charge in [0, 0.05) is 57.6 Å². The van der Waals surface area contributed by atoms with Crippen molar-refractivity contribution in [2.75, 3.05) is 50.1 Å². The van der Waals surface area contributed by atoms with E-state index in [4.69, 9.17) is 4.74 Å². The molecule has 3 N–H and O–H groups in total. The lowest BCUT2D eigenvalue weighted by molar-refractivity contribution is -0.150. The van der Waals surface area contributed by atoms with Crippen LogP contribution in [0.25, 0.3) is 22.4 Å². The van der Waals surface area contributed by atoms with Gasteiger partial charge in [-0.05, 0) is 98.9 Å². The van der Waals surface area contributed by atoms with Crippen LogP contribution in [0.2, 0.25) is 0 Å². The van der Waals surface area contributed by atoms with Gasteiger partial charge in [0.15, 0.2) is 0 Å². The van der Waals surface area contributed by atoms with Crippen molar-refractivity contribution in [3.05, 3.63) is 83.9 Å². The number of hydrogen-bond donors (Lipinski definition) is 3. The summed E-state index contributed by atoms with van der Waals surface area (Å²) in [6, 6.07) is 16.7. The molecular weight excluding hydrogens is 775 g/mol. The van der Waals surface area contributed by atoms with Gasteiger partial charge in [-0.15, -0.1) is 0 Å². The number of aryl methyl sites for hydroxylation is 1. The number of alkyl carbamates (subject to hydrolysis) is 1. The molecule has 5 amide bonds. The van der Waals surface area contributed by atoms with Gasteiger partial charge in [-0.3, -0.25) is 19.2 Å². The van der Waals surface area contributed by atoms with Crippen molar-refractivity contribution < 1.29 is 28.7 Å². The van der Waals surface area contributed by atoms with E-state index < -0.39 is 17.7 Å². The number of carbonyl (C=O) groups is 5. The van der Waals surface area contributed by atoms with E-state index in [0.29, 0.717) is 56.2 Å². The smallest absolute Gasteiger partial charge is 0.407 e. The van der Waals surface area contributed by atoms with Gasteiger partial charge in [-0.2, -0.15) is 0 Å². The molecule has 2 aromatic heterocycles. The summed E-state index contributed by atoms with van der Waals surface area (Å²) < 4.78 is 4.76. The van der Waals surface area contributed by atoms with Gasteiger partial charge in [-0.1, -0.05) is 44.2 Å². The van der Waals surface area contributed by atoms with E-state index in [-0.39, 0.29) is 41.6 Å². The number of piperazine rings is 1. The van der Waals surface area contributed by atoms with Crippen molar-refractivity contribution in [3.8, 4) is 22.4 Å². The van der Waals surface area contributed by atoms with Crippen LogP contribution in [0.5, 0.6) is 0 Å². The van der Waals surface area contributed by atoms with Gasteiger partial charge in [-0.25, -0.2) is 14.8 Å². The van der Waals surface area contributed by atoms with Crippen LogP contribution in [-0.4, -0.2) is 117 Å². The molecule has 15 heteroatoms. The van der Waals surface area contributed by atoms with Gasteiger partial charge in [0.25, 0.3) is 5.91 Å². The number of ether oxygens (including phenoxy) is 1. The summed E-state index contributed by atoms with van der Waals surface area (Å²) in [7, 11) is 1.29. The summed E-state index contributed by atoms with van der Waals surface area (Å²) in [5, 5.41) is 5.70. The maximum Gasteiger partial charge on any atom is 0.407 e. The van der Waals surface area contributed by atoms with E-state index in [2.05, 4.69) is 49.5 Å². The standard InChI is InChI=1S/C46H57N9O6/c1-28(2)40(51-45(60)61-7)43(58)54-20-8-10-38(54)41-48-26-37(50-41)33-13-11-32(12-14-33)36-17-16-35(24-29(36)3)49-42(57)34-15-18-39(47-25-34)53-23-22-52(27-30(53)4)44(59)46(6)19-9-21-55(46)31(5)56/h11-18,24-26,28,30,38,40H,8-10,19-23,27H2,1-7H3,(H,48,50)(H,49,57)(H,51,60). The third-order valence-corrected chi connectivity index (χ3v) is 12.5.